The Morgan fingerprint density at radius 1 is 1.10 bits per heavy atom. The van der Waals surface area contributed by atoms with Crippen LogP contribution >= 0.6 is 23.2 Å². The highest BCUT2D eigenvalue weighted by Gasteiger charge is 2.08. The van der Waals surface area contributed by atoms with Gasteiger partial charge in [-0.15, -0.1) is 0 Å². The number of anilines is 2. The molecule has 6 heteroatoms. The maximum absolute atomic E-state index is 13.1. The first-order valence-electron chi connectivity index (χ1n) is 6.68. The number of nitrogens with one attached hydrogen (secondary N) is 2. The van der Waals surface area contributed by atoms with Crippen molar-refractivity contribution in [1.29, 1.82) is 0 Å². The average Bonchev–Trinajstić information content (AvgIpc) is 2.44. The number of pyridine rings is 1. The van der Waals surface area contributed by atoms with E-state index in [2.05, 4.69) is 15.6 Å². The molecule has 0 bridgehead atoms. The third kappa shape index (κ3) is 4.48. The van der Waals surface area contributed by atoms with Crippen molar-refractivity contribution in [2.24, 2.45) is 0 Å². The van der Waals surface area contributed by atoms with Crippen LogP contribution in [0.4, 0.5) is 16.0 Å². The summed E-state index contributed by atoms with van der Waals surface area (Å²) in [6.07, 6.45) is 0.676. The Kier molecular flexibility index (Phi) is 5.65. The van der Waals surface area contributed by atoms with E-state index >= 15 is 0 Å². The molecular weight excluding hydrogens is 312 g/mol. The summed E-state index contributed by atoms with van der Waals surface area (Å²) in [5.41, 5.74) is 0.916. The van der Waals surface area contributed by atoms with Gasteiger partial charge >= 0.3 is 0 Å². The topological polar surface area (TPSA) is 37.0 Å². The third-order valence-electron chi connectivity index (χ3n) is 2.87. The molecule has 0 spiro atoms. The van der Waals surface area contributed by atoms with Gasteiger partial charge in [-0.05, 0) is 37.1 Å². The van der Waals surface area contributed by atoms with Gasteiger partial charge in [0.2, 0.25) is 0 Å². The van der Waals surface area contributed by atoms with Gasteiger partial charge in [-0.1, -0.05) is 35.3 Å². The highest BCUT2D eigenvalue weighted by Crippen LogP contribution is 2.29. The van der Waals surface area contributed by atoms with Crippen molar-refractivity contribution in [2.75, 3.05) is 23.7 Å². The van der Waals surface area contributed by atoms with E-state index in [0.717, 1.165) is 12.1 Å². The summed E-state index contributed by atoms with van der Waals surface area (Å²) in [5, 5.41) is 7.15. The lowest BCUT2D eigenvalue weighted by molar-refractivity contribution is 0.625. The molecule has 21 heavy (non-hydrogen) atoms. The predicted molar refractivity (Wildman–Crippen MR) is 87.0 cm³/mol. The van der Waals surface area contributed by atoms with Gasteiger partial charge < -0.3 is 10.6 Å². The SMILES string of the molecule is CCNc1nc(NCCc2cccc(F)c2)c(Cl)cc1Cl. The molecule has 1 aromatic heterocycles. The molecule has 0 fully saturated rings. The number of halogens is 3. The van der Waals surface area contributed by atoms with Crippen molar-refractivity contribution in [3.63, 3.8) is 0 Å². The fourth-order valence-corrected chi connectivity index (χ4v) is 2.39. The van der Waals surface area contributed by atoms with Crippen LogP contribution in [0.2, 0.25) is 10.0 Å². The standard InChI is InChI=1S/C15H16Cl2FN3/c1-2-19-14-12(16)9-13(17)15(21-14)20-7-6-10-4-3-5-11(18)8-10/h3-5,8-9H,2,6-7H2,1H3,(H2,19,20,21). The average molecular weight is 328 g/mol. The number of hydrogen-bond acceptors (Lipinski definition) is 3. The minimum Gasteiger partial charge on any atom is -0.369 e. The zero-order chi connectivity index (χ0) is 15.2. The summed E-state index contributed by atoms with van der Waals surface area (Å²) in [7, 11) is 0. The minimum absolute atomic E-state index is 0.232. The first-order valence-corrected chi connectivity index (χ1v) is 7.44. The Balaban J connectivity index is 2.01. The van der Waals surface area contributed by atoms with E-state index in [-0.39, 0.29) is 5.82 Å². The molecule has 0 aliphatic rings. The van der Waals surface area contributed by atoms with Gasteiger partial charge in [0.1, 0.15) is 17.5 Å². The van der Waals surface area contributed by atoms with Gasteiger partial charge in [-0.2, -0.15) is 0 Å². The zero-order valence-electron chi connectivity index (χ0n) is 11.6. The molecule has 0 amide bonds. The van der Waals surface area contributed by atoms with Crippen LogP contribution in [0.1, 0.15) is 12.5 Å². The lowest BCUT2D eigenvalue weighted by atomic mass is 10.1. The summed E-state index contributed by atoms with van der Waals surface area (Å²) in [5.74, 6) is 0.926. The number of benzene rings is 1. The van der Waals surface area contributed by atoms with Gasteiger partial charge in [0.25, 0.3) is 0 Å². The Morgan fingerprint density at radius 2 is 1.81 bits per heavy atom. The van der Waals surface area contributed by atoms with Crippen LogP contribution in [0.25, 0.3) is 0 Å². The quantitative estimate of drug-likeness (QED) is 0.813. The smallest absolute Gasteiger partial charge is 0.147 e. The summed E-state index contributed by atoms with van der Waals surface area (Å²) in [4.78, 5) is 4.35. The molecule has 0 aliphatic carbocycles. The van der Waals surface area contributed by atoms with E-state index < -0.39 is 0 Å². The van der Waals surface area contributed by atoms with Gasteiger partial charge in [0, 0.05) is 13.1 Å². The number of aromatic nitrogens is 1. The highest BCUT2D eigenvalue weighted by atomic mass is 35.5. The van der Waals surface area contributed by atoms with Gasteiger partial charge in [-0.25, -0.2) is 9.37 Å². The first-order chi connectivity index (χ1) is 10.1. The molecule has 2 rings (SSSR count). The van der Waals surface area contributed by atoms with E-state index in [1.807, 2.05) is 13.0 Å². The van der Waals surface area contributed by atoms with E-state index in [1.54, 1.807) is 12.1 Å². The molecule has 0 saturated carbocycles. The van der Waals surface area contributed by atoms with E-state index in [0.29, 0.717) is 34.6 Å². The minimum atomic E-state index is -0.232. The fourth-order valence-electron chi connectivity index (χ4n) is 1.90. The van der Waals surface area contributed by atoms with Crippen molar-refractivity contribution in [3.8, 4) is 0 Å². The maximum atomic E-state index is 13.1. The normalized spacial score (nSPS) is 10.5. The Labute approximate surface area is 133 Å². The van der Waals surface area contributed by atoms with E-state index in [4.69, 9.17) is 23.2 Å². The van der Waals surface area contributed by atoms with Gasteiger partial charge in [0.15, 0.2) is 0 Å². The molecule has 0 radical (unpaired) electrons. The molecule has 1 aromatic carbocycles. The summed E-state index contributed by atoms with van der Waals surface area (Å²) in [6, 6.07) is 8.17. The Morgan fingerprint density at radius 3 is 2.48 bits per heavy atom. The van der Waals surface area contributed by atoms with Crippen LogP contribution in [0.5, 0.6) is 0 Å². The van der Waals surface area contributed by atoms with Crippen LogP contribution < -0.4 is 10.6 Å². The summed E-state index contributed by atoms with van der Waals surface area (Å²) < 4.78 is 13.1. The largest absolute Gasteiger partial charge is 0.369 e. The second-order valence-corrected chi connectivity index (χ2v) is 5.30. The lowest BCUT2D eigenvalue weighted by Gasteiger charge is -2.11. The van der Waals surface area contributed by atoms with Crippen molar-refractivity contribution >= 4 is 34.8 Å². The fraction of sp³-hybridized carbons (Fsp3) is 0.267. The second kappa shape index (κ2) is 7.48. The predicted octanol–water partition coefficient (Wildman–Crippen LogP) is 4.61. The summed E-state index contributed by atoms with van der Waals surface area (Å²) >= 11 is 12.2. The maximum Gasteiger partial charge on any atom is 0.147 e. The Bertz CT molecular complexity index is 620. The van der Waals surface area contributed by atoms with Crippen molar-refractivity contribution in [2.45, 2.75) is 13.3 Å². The first kappa shape index (κ1) is 15.9. The van der Waals surface area contributed by atoms with E-state index in [1.165, 1.54) is 12.1 Å². The molecular formula is C15H16Cl2FN3. The molecule has 1 heterocycles. The van der Waals surface area contributed by atoms with Gasteiger partial charge in [0.05, 0.1) is 10.0 Å². The van der Waals surface area contributed by atoms with Crippen LogP contribution in [0.15, 0.2) is 30.3 Å². The van der Waals surface area contributed by atoms with Crippen molar-refractivity contribution < 1.29 is 4.39 Å². The van der Waals surface area contributed by atoms with Gasteiger partial charge in [-0.3, -0.25) is 0 Å². The van der Waals surface area contributed by atoms with E-state index in [9.17, 15) is 4.39 Å². The molecule has 0 aliphatic heterocycles. The second-order valence-electron chi connectivity index (χ2n) is 4.49. The Hall–Kier alpha value is -1.52. The molecule has 112 valence electrons. The number of nitrogens with zero attached hydrogens (tertiary/aromatic N) is 1. The van der Waals surface area contributed by atoms with Crippen LogP contribution in [-0.4, -0.2) is 18.1 Å². The highest BCUT2D eigenvalue weighted by molar-refractivity contribution is 6.37. The number of rotatable bonds is 6. The van der Waals surface area contributed by atoms with Crippen molar-refractivity contribution in [3.05, 3.63) is 51.8 Å². The molecule has 2 N–H and O–H groups in total. The molecule has 0 unspecified atom stereocenters. The molecule has 0 saturated heterocycles. The van der Waals surface area contributed by atoms with Crippen LogP contribution in [0, 0.1) is 5.82 Å². The molecule has 3 nitrogen and oxygen atoms in total. The van der Waals surface area contributed by atoms with Crippen molar-refractivity contribution in [1.82, 2.24) is 4.98 Å². The molecule has 0 atom stereocenters. The third-order valence-corrected chi connectivity index (χ3v) is 3.45. The van der Waals surface area contributed by atoms with Crippen LogP contribution in [-0.2, 0) is 6.42 Å². The molecule has 2 aromatic rings. The summed E-state index contributed by atoms with van der Waals surface area (Å²) in [6.45, 7) is 3.28. The monoisotopic (exact) mass is 327 g/mol. The van der Waals surface area contributed by atoms with Crippen LogP contribution in [0.3, 0.4) is 0 Å². The zero-order valence-corrected chi connectivity index (χ0v) is 13.1. The lowest BCUT2D eigenvalue weighted by Crippen LogP contribution is -2.09. The number of hydrogen-bond donors (Lipinski definition) is 2.